The van der Waals surface area contributed by atoms with Crippen molar-refractivity contribution in [2.45, 2.75) is 38.5 Å². The SMILES string of the molecule is CCC(NCC(O)COC(c1ccccc1)c1ccccc1)c1ccc(C)cc1.Cl. The zero-order chi connectivity index (χ0) is 20.5. The summed E-state index contributed by atoms with van der Waals surface area (Å²) in [4.78, 5) is 0. The first-order chi connectivity index (χ1) is 14.2. The molecule has 2 N–H and O–H groups in total. The second kappa shape index (κ2) is 12.5. The highest BCUT2D eigenvalue weighted by molar-refractivity contribution is 5.85. The van der Waals surface area contributed by atoms with Gasteiger partial charge in [0.05, 0.1) is 12.7 Å². The average molecular weight is 426 g/mol. The van der Waals surface area contributed by atoms with Crippen LogP contribution in [0.15, 0.2) is 84.9 Å². The van der Waals surface area contributed by atoms with Crippen molar-refractivity contribution in [2.75, 3.05) is 13.2 Å². The van der Waals surface area contributed by atoms with Crippen molar-refractivity contribution >= 4 is 12.4 Å². The second-order valence-corrected chi connectivity index (χ2v) is 7.47. The van der Waals surface area contributed by atoms with Crippen LogP contribution < -0.4 is 5.32 Å². The van der Waals surface area contributed by atoms with Gasteiger partial charge in [0.15, 0.2) is 0 Å². The van der Waals surface area contributed by atoms with Crippen molar-refractivity contribution in [3.63, 3.8) is 0 Å². The molecule has 4 heteroatoms. The molecule has 2 unspecified atom stereocenters. The highest BCUT2D eigenvalue weighted by atomic mass is 35.5. The maximum Gasteiger partial charge on any atom is 0.108 e. The molecule has 0 aromatic heterocycles. The molecule has 0 amide bonds. The maximum atomic E-state index is 10.5. The van der Waals surface area contributed by atoms with Gasteiger partial charge in [0, 0.05) is 12.6 Å². The Morgan fingerprint density at radius 1 is 0.800 bits per heavy atom. The van der Waals surface area contributed by atoms with Gasteiger partial charge in [-0.1, -0.05) is 97.4 Å². The molecule has 30 heavy (non-hydrogen) atoms. The molecule has 3 nitrogen and oxygen atoms in total. The van der Waals surface area contributed by atoms with E-state index in [-0.39, 0.29) is 31.2 Å². The van der Waals surface area contributed by atoms with Crippen LogP contribution in [0.1, 0.15) is 47.7 Å². The van der Waals surface area contributed by atoms with E-state index in [1.54, 1.807) is 0 Å². The molecule has 0 heterocycles. The number of nitrogens with one attached hydrogen (secondary N) is 1. The number of benzene rings is 3. The Balaban J connectivity index is 0.00000320. The zero-order valence-corrected chi connectivity index (χ0v) is 18.5. The van der Waals surface area contributed by atoms with Crippen LogP contribution in [0.3, 0.4) is 0 Å². The Kier molecular flexibility index (Phi) is 10.0. The van der Waals surface area contributed by atoms with Gasteiger partial charge in [0.1, 0.15) is 6.10 Å². The lowest BCUT2D eigenvalue weighted by atomic mass is 10.0. The second-order valence-electron chi connectivity index (χ2n) is 7.47. The monoisotopic (exact) mass is 425 g/mol. The van der Waals surface area contributed by atoms with Crippen LogP contribution in [-0.4, -0.2) is 24.4 Å². The summed E-state index contributed by atoms with van der Waals surface area (Å²) in [6, 6.07) is 29.1. The van der Waals surface area contributed by atoms with Crippen molar-refractivity contribution in [2.24, 2.45) is 0 Å². The Labute approximate surface area is 186 Å². The first kappa shape index (κ1) is 24.1. The fourth-order valence-electron chi connectivity index (χ4n) is 3.48. The van der Waals surface area contributed by atoms with Crippen LogP contribution in [0.2, 0.25) is 0 Å². The molecule has 0 bridgehead atoms. The van der Waals surface area contributed by atoms with E-state index in [0.717, 1.165) is 17.5 Å². The number of ether oxygens (including phenoxy) is 1. The third kappa shape index (κ3) is 6.96. The summed E-state index contributed by atoms with van der Waals surface area (Å²) in [6.45, 7) is 5.00. The van der Waals surface area contributed by atoms with Crippen LogP contribution in [0, 0.1) is 6.92 Å². The molecule has 3 aromatic rings. The summed E-state index contributed by atoms with van der Waals surface area (Å²) < 4.78 is 6.17. The maximum absolute atomic E-state index is 10.5. The molecular weight excluding hydrogens is 394 g/mol. The predicted octanol–water partition coefficient (Wildman–Crippen LogP) is 5.62. The Bertz CT molecular complexity index is 800. The molecule has 0 saturated carbocycles. The molecule has 0 radical (unpaired) electrons. The van der Waals surface area contributed by atoms with E-state index in [1.165, 1.54) is 11.1 Å². The van der Waals surface area contributed by atoms with Gasteiger partial charge in [-0.25, -0.2) is 0 Å². The molecule has 0 fully saturated rings. The minimum atomic E-state index is -0.579. The highest BCUT2D eigenvalue weighted by Gasteiger charge is 2.17. The summed E-state index contributed by atoms with van der Waals surface area (Å²) in [6.07, 6.45) is 0.198. The molecule has 3 rings (SSSR count). The molecule has 160 valence electrons. The smallest absolute Gasteiger partial charge is 0.108 e. The topological polar surface area (TPSA) is 41.5 Å². The van der Waals surface area contributed by atoms with E-state index < -0.39 is 6.10 Å². The van der Waals surface area contributed by atoms with Gasteiger partial charge in [0.25, 0.3) is 0 Å². The highest BCUT2D eigenvalue weighted by Crippen LogP contribution is 2.26. The molecule has 0 aliphatic rings. The van der Waals surface area contributed by atoms with Crippen LogP contribution in [0.25, 0.3) is 0 Å². The average Bonchev–Trinajstić information content (AvgIpc) is 2.77. The Morgan fingerprint density at radius 3 is 1.83 bits per heavy atom. The number of rotatable bonds is 10. The largest absolute Gasteiger partial charge is 0.389 e. The Hall–Kier alpha value is -2.17. The van der Waals surface area contributed by atoms with Crippen molar-refractivity contribution in [1.29, 1.82) is 0 Å². The molecule has 0 aliphatic heterocycles. The molecule has 0 saturated heterocycles. The standard InChI is InChI=1S/C26H31NO2.ClH/c1-3-25(21-16-14-20(2)15-17-21)27-18-24(28)19-29-26(22-10-6-4-7-11-22)23-12-8-5-9-13-23;/h4-17,24-28H,3,18-19H2,1-2H3;1H. The lowest BCUT2D eigenvalue weighted by molar-refractivity contribution is 0.00555. The van der Waals surface area contributed by atoms with Crippen molar-refractivity contribution in [3.05, 3.63) is 107 Å². The number of aliphatic hydroxyl groups is 1. The lowest BCUT2D eigenvalue weighted by Crippen LogP contribution is -2.33. The third-order valence-corrected chi connectivity index (χ3v) is 5.15. The van der Waals surface area contributed by atoms with E-state index in [2.05, 4.69) is 67.7 Å². The van der Waals surface area contributed by atoms with Crippen LogP contribution in [0.4, 0.5) is 0 Å². The predicted molar refractivity (Wildman–Crippen MR) is 126 cm³/mol. The zero-order valence-electron chi connectivity index (χ0n) is 17.7. The van der Waals surface area contributed by atoms with Gasteiger partial charge in [-0.15, -0.1) is 12.4 Å². The molecule has 0 aliphatic carbocycles. The van der Waals surface area contributed by atoms with Gasteiger partial charge >= 0.3 is 0 Å². The fraction of sp³-hybridized carbons (Fsp3) is 0.308. The van der Waals surface area contributed by atoms with Crippen LogP contribution in [0.5, 0.6) is 0 Å². The van der Waals surface area contributed by atoms with Gasteiger partial charge < -0.3 is 15.2 Å². The normalized spacial score (nSPS) is 12.9. The van der Waals surface area contributed by atoms with Crippen molar-refractivity contribution < 1.29 is 9.84 Å². The molecule has 2 atom stereocenters. The summed E-state index contributed by atoms with van der Waals surface area (Å²) in [5.41, 5.74) is 4.68. The first-order valence-corrected chi connectivity index (χ1v) is 10.4. The van der Waals surface area contributed by atoms with E-state index in [9.17, 15) is 5.11 Å². The Morgan fingerprint density at radius 2 is 1.33 bits per heavy atom. The van der Waals surface area contributed by atoms with E-state index in [4.69, 9.17) is 4.74 Å². The van der Waals surface area contributed by atoms with Gasteiger partial charge in [-0.2, -0.15) is 0 Å². The van der Waals surface area contributed by atoms with Crippen LogP contribution in [-0.2, 0) is 4.74 Å². The van der Waals surface area contributed by atoms with E-state index in [0.29, 0.717) is 6.54 Å². The van der Waals surface area contributed by atoms with Crippen molar-refractivity contribution in [3.8, 4) is 0 Å². The number of aliphatic hydroxyl groups excluding tert-OH is 1. The van der Waals surface area contributed by atoms with E-state index in [1.807, 2.05) is 36.4 Å². The third-order valence-electron chi connectivity index (χ3n) is 5.15. The quantitative estimate of drug-likeness (QED) is 0.442. The molecular formula is C26H32ClNO2. The van der Waals surface area contributed by atoms with Crippen LogP contribution >= 0.6 is 12.4 Å². The number of hydrogen-bond donors (Lipinski definition) is 2. The van der Waals surface area contributed by atoms with Crippen molar-refractivity contribution in [1.82, 2.24) is 5.32 Å². The first-order valence-electron chi connectivity index (χ1n) is 10.4. The summed E-state index contributed by atoms with van der Waals surface area (Å²) in [7, 11) is 0. The molecule has 0 spiro atoms. The summed E-state index contributed by atoms with van der Waals surface area (Å²) >= 11 is 0. The van der Waals surface area contributed by atoms with E-state index >= 15 is 0 Å². The lowest BCUT2D eigenvalue weighted by Gasteiger charge is -2.23. The minimum Gasteiger partial charge on any atom is -0.389 e. The summed E-state index contributed by atoms with van der Waals surface area (Å²) in [5.74, 6) is 0. The van der Waals surface area contributed by atoms with Gasteiger partial charge in [-0.05, 0) is 30.0 Å². The summed E-state index contributed by atoms with van der Waals surface area (Å²) in [5, 5.41) is 14.0. The molecule has 3 aromatic carbocycles. The number of halogens is 1. The van der Waals surface area contributed by atoms with Gasteiger partial charge in [0.2, 0.25) is 0 Å². The number of hydrogen-bond acceptors (Lipinski definition) is 3. The number of aryl methyl sites for hydroxylation is 1. The fourth-order valence-corrected chi connectivity index (χ4v) is 3.48. The van der Waals surface area contributed by atoms with Gasteiger partial charge in [-0.3, -0.25) is 0 Å². The minimum absolute atomic E-state index is 0.